The van der Waals surface area contributed by atoms with Crippen molar-refractivity contribution in [3.8, 4) is 11.1 Å². The molecular formula is C23H18ClN3O3. The average Bonchev–Trinajstić information content (AvgIpc) is 3.24. The highest BCUT2D eigenvalue weighted by molar-refractivity contribution is 6.36. The number of aromatic nitrogens is 1. The molecule has 6 nitrogen and oxygen atoms in total. The Labute approximate surface area is 176 Å². The SMILES string of the molecule is CNCC(O)c1ccc2[nH]c3cc(-c4ccccc4Cl)c4c(c3c2c1)C(=O)NC4=O. The molecule has 7 heteroatoms. The lowest BCUT2D eigenvalue weighted by Crippen LogP contribution is -2.20. The maximum atomic E-state index is 12.8. The van der Waals surface area contributed by atoms with Gasteiger partial charge in [0.15, 0.2) is 0 Å². The number of carbonyl (C=O) groups excluding carboxylic acids is 2. The summed E-state index contributed by atoms with van der Waals surface area (Å²) in [5, 5.41) is 17.7. The van der Waals surface area contributed by atoms with Crippen molar-refractivity contribution in [2.75, 3.05) is 13.6 Å². The van der Waals surface area contributed by atoms with E-state index in [9.17, 15) is 14.7 Å². The number of H-pyrrole nitrogens is 1. The summed E-state index contributed by atoms with van der Waals surface area (Å²) >= 11 is 6.40. The van der Waals surface area contributed by atoms with Crippen LogP contribution in [0.2, 0.25) is 5.02 Å². The van der Waals surface area contributed by atoms with Gasteiger partial charge in [0.25, 0.3) is 11.8 Å². The second-order valence-electron chi connectivity index (χ2n) is 7.36. The lowest BCUT2D eigenvalue weighted by molar-refractivity contribution is 0.0880. The molecule has 1 unspecified atom stereocenters. The van der Waals surface area contributed by atoms with Gasteiger partial charge >= 0.3 is 0 Å². The van der Waals surface area contributed by atoms with E-state index >= 15 is 0 Å². The minimum atomic E-state index is -0.685. The van der Waals surface area contributed by atoms with Crippen molar-refractivity contribution in [1.82, 2.24) is 15.6 Å². The minimum Gasteiger partial charge on any atom is -0.387 e. The average molecular weight is 420 g/mol. The van der Waals surface area contributed by atoms with Crippen LogP contribution in [0.4, 0.5) is 0 Å². The number of aliphatic hydroxyl groups excluding tert-OH is 1. The largest absolute Gasteiger partial charge is 0.387 e. The van der Waals surface area contributed by atoms with Crippen molar-refractivity contribution in [2.24, 2.45) is 0 Å². The van der Waals surface area contributed by atoms with Crippen LogP contribution in [-0.2, 0) is 0 Å². The lowest BCUT2D eigenvalue weighted by Gasteiger charge is -2.11. The van der Waals surface area contributed by atoms with Crippen molar-refractivity contribution < 1.29 is 14.7 Å². The van der Waals surface area contributed by atoms with Gasteiger partial charge < -0.3 is 15.4 Å². The molecule has 4 N–H and O–H groups in total. The van der Waals surface area contributed by atoms with Crippen LogP contribution in [0.15, 0.2) is 48.5 Å². The third kappa shape index (κ3) is 2.73. The van der Waals surface area contributed by atoms with E-state index in [-0.39, 0.29) is 0 Å². The summed E-state index contributed by atoms with van der Waals surface area (Å²) < 4.78 is 0. The van der Waals surface area contributed by atoms with Crippen molar-refractivity contribution >= 4 is 45.2 Å². The molecule has 2 amide bonds. The Morgan fingerprint density at radius 2 is 1.77 bits per heavy atom. The van der Waals surface area contributed by atoms with Crippen LogP contribution in [0.25, 0.3) is 32.9 Å². The lowest BCUT2D eigenvalue weighted by atomic mass is 9.92. The number of amides is 2. The number of imide groups is 1. The predicted octanol–water partition coefficient (Wildman–Crippen LogP) is 3.78. The molecule has 0 aliphatic carbocycles. The number of carbonyl (C=O) groups is 2. The van der Waals surface area contributed by atoms with Gasteiger partial charge in [-0.05, 0) is 42.4 Å². The number of halogens is 1. The number of likely N-dealkylation sites (N-methyl/N-ethyl adjacent to an activating group) is 1. The zero-order valence-electron chi connectivity index (χ0n) is 16.0. The maximum absolute atomic E-state index is 12.8. The molecule has 1 aliphatic rings. The summed E-state index contributed by atoms with van der Waals surface area (Å²) in [5.74, 6) is -0.872. The van der Waals surface area contributed by atoms with E-state index in [0.29, 0.717) is 39.2 Å². The molecule has 3 aromatic carbocycles. The predicted molar refractivity (Wildman–Crippen MR) is 117 cm³/mol. The summed E-state index contributed by atoms with van der Waals surface area (Å²) in [6, 6.07) is 14.7. The highest BCUT2D eigenvalue weighted by Gasteiger charge is 2.34. The van der Waals surface area contributed by atoms with Gasteiger partial charge in [-0.25, -0.2) is 0 Å². The highest BCUT2D eigenvalue weighted by Crippen LogP contribution is 2.41. The second-order valence-corrected chi connectivity index (χ2v) is 7.77. The molecule has 1 aromatic heterocycles. The van der Waals surface area contributed by atoms with Gasteiger partial charge in [0.05, 0.1) is 17.2 Å². The van der Waals surface area contributed by atoms with E-state index in [1.165, 1.54) is 0 Å². The van der Waals surface area contributed by atoms with Crippen molar-refractivity contribution in [1.29, 1.82) is 0 Å². The van der Waals surface area contributed by atoms with E-state index < -0.39 is 17.9 Å². The van der Waals surface area contributed by atoms with E-state index in [0.717, 1.165) is 22.0 Å². The Kier molecular flexibility index (Phi) is 4.36. The van der Waals surface area contributed by atoms with E-state index in [1.54, 1.807) is 13.1 Å². The maximum Gasteiger partial charge on any atom is 0.259 e. The Morgan fingerprint density at radius 1 is 1.00 bits per heavy atom. The number of hydrogen-bond donors (Lipinski definition) is 4. The molecule has 1 atom stereocenters. The molecule has 4 aromatic rings. The van der Waals surface area contributed by atoms with Crippen LogP contribution in [0, 0.1) is 0 Å². The van der Waals surface area contributed by atoms with Crippen LogP contribution in [0.1, 0.15) is 32.4 Å². The third-order valence-electron chi connectivity index (χ3n) is 5.54. The van der Waals surface area contributed by atoms with E-state index in [4.69, 9.17) is 11.6 Å². The molecule has 0 spiro atoms. The summed E-state index contributed by atoms with van der Waals surface area (Å²) in [7, 11) is 1.77. The van der Waals surface area contributed by atoms with Gasteiger partial charge in [0.1, 0.15) is 0 Å². The summed E-state index contributed by atoms with van der Waals surface area (Å²) in [6.45, 7) is 0.404. The van der Waals surface area contributed by atoms with Gasteiger partial charge in [0.2, 0.25) is 0 Å². The summed E-state index contributed by atoms with van der Waals surface area (Å²) in [6.07, 6.45) is -0.685. The van der Waals surface area contributed by atoms with E-state index in [1.807, 2.05) is 42.5 Å². The fourth-order valence-corrected chi connectivity index (χ4v) is 4.42. The van der Waals surface area contributed by atoms with Gasteiger partial charge in [-0.15, -0.1) is 0 Å². The Balaban J connectivity index is 1.86. The monoisotopic (exact) mass is 419 g/mol. The van der Waals surface area contributed by atoms with Crippen LogP contribution in [-0.4, -0.2) is 35.5 Å². The number of benzene rings is 3. The van der Waals surface area contributed by atoms with Crippen LogP contribution >= 0.6 is 11.6 Å². The van der Waals surface area contributed by atoms with Crippen LogP contribution < -0.4 is 10.6 Å². The first-order valence-electron chi connectivity index (χ1n) is 9.55. The number of fused-ring (bicyclic) bond motifs is 5. The quantitative estimate of drug-likeness (QED) is 0.379. The number of nitrogens with one attached hydrogen (secondary N) is 3. The molecule has 2 heterocycles. The second kappa shape index (κ2) is 6.95. The molecule has 0 saturated carbocycles. The minimum absolute atomic E-state index is 0.322. The molecule has 0 radical (unpaired) electrons. The molecule has 30 heavy (non-hydrogen) atoms. The summed E-state index contributed by atoms with van der Waals surface area (Å²) in [5.41, 5.74) is 4.22. The molecule has 0 fully saturated rings. The van der Waals surface area contributed by atoms with Gasteiger partial charge in [0, 0.05) is 38.9 Å². The zero-order valence-corrected chi connectivity index (χ0v) is 16.8. The zero-order chi connectivity index (χ0) is 21.0. The normalized spacial score (nSPS) is 14.4. The third-order valence-corrected chi connectivity index (χ3v) is 5.87. The number of aromatic amines is 1. The molecule has 150 valence electrons. The van der Waals surface area contributed by atoms with Gasteiger partial charge in [-0.3, -0.25) is 14.9 Å². The molecule has 0 bridgehead atoms. The summed E-state index contributed by atoms with van der Waals surface area (Å²) in [4.78, 5) is 28.8. The van der Waals surface area contributed by atoms with Crippen LogP contribution in [0.3, 0.4) is 0 Å². The fraction of sp³-hybridized carbons (Fsp3) is 0.130. The molecule has 0 saturated heterocycles. The van der Waals surface area contributed by atoms with Crippen molar-refractivity contribution in [2.45, 2.75) is 6.10 Å². The molecule has 5 rings (SSSR count). The van der Waals surface area contributed by atoms with Crippen molar-refractivity contribution in [3.63, 3.8) is 0 Å². The number of aliphatic hydroxyl groups is 1. The fourth-order valence-electron chi connectivity index (χ4n) is 4.19. The first-order chi connectivity index (χ1) is 14.5. The molecular weight excluding hydrogens is 402 g/mol. The highest BCUT2D eigenvalue weighted by atomic mass is 35.5. The standard InChI is InChI=1S/C23H18ClN3O3/c1-25-10-18(28)11-6-7-16-14(8-11)19-17(26-16)9-13(12-4-2-3-5-15(12)24)20-21(19)23(30)27-22(20)29/h2-9,18,25-26,28H,10H2,1H3,(H,27,29,30). The smallest absolute Gasteiger partial charge is 0.259 e. The Hall–Kier alpha value is -3.19. The van der Waals surface area contributed by atoms with E-state index in [2.05, 4.69) is 15.6 Å². The first-order valence-corrected chi connectivity index (χ1v) is 9.93. The number of rotatable bonds is 4. The first kappa shape index (κ1) is 18.8. The Morgan fingerprint density at radius 3 is 2.53 bits per heavy atom. The van der Waals surface area contributed by atoms with Gasteiger partial charge in [-0.2, -0.15) is 0 Å². The topological polar surface area (TPSA) is 94.2 Å². The van der Waals surface area contributed by atoms with Crippen molar-refractivity contribution in [3.05, 3.63) is 70.2 Å². The Bertz CT molecular complexity index is 1360. The van der Waals surface area contributed by atoms with Gasteiger partial charge in [-0.1, -0.05) is 35.9 Å². The number of hydrogen-bond acceptors (Lipinski definition) is 4. The molecule has 1 aliphatic heterocycles. The van der Waals surface area contributed by atoms with Crippen LogP contribution in [0.5, 0.6) is 0 Å².